The normalized spacial score (nSPS) is 14.5. The van der Waals surface area contributed by atoms with Crippen molar-refractivity contribution in [1.82, 2.24) is 4.90 Å². The van der Waals surface area contributed by atoms with Crippen LogP contribution >= 0.6 is 12.4 Å². The van der Waals surface area contributed by atoms with E-state index in [2.05, 4.69) is 0 Å². The van der Waals surface area contributed by atoms with Crippen LogP contribution in [0.4, 0.5) is 0 Å². The van der Waals surface area contributed by atoms with Crippen molar-refractivity contribution in [3.63, 3.8) is 0 Å². The molecule has 7 heteroatoms. The Morgan fingerprint density at radius 1 is 1.33 bits per heavy atom. The van der Waals surface area contributed by atoms with E-state index >= 15 is 0 Å². The van der Waals surface area contributed by atoms with Gasteiger partial charge in [-0.2, -0.15) is 0 Å². The monoisotopic (exact) mass is 300 g/mol. The van der Waals surface area contributed by atoms with Gasteiger partial charge >= 0.3 is 0 Å². The molecule has 2 unspecified atom stereocenters. The summed E-state index contributed by atoms with van der Waals surface area (Å²) in [6.07, 6.45) is 1.46. The fourth-order valence-electron chi connectivity index (χ4n) is 1.51. The van der Waals surface area contributed by atoms with Crippen molar-refractivity contribution in [1.29, 1.82) is 0 Å². The van der Waals surface area contributed by atoms with Gasteiger partial charge in [0.1, 0.15) is 0 Å². The number of hydrogen-bond donors (Lipinski definition) is 1. The third-order valence-electron chi connectivity index (χ3n) is 2.86. The highest BCUT2D eigenvalue weighted by Crippen LogP contribution is 2.05. The lowest BCUT2D eigenvalue weighted by Gasteiger charge is -2.27. The highest BCUT2D eigenvalue weighted by atomic mass is 35.5. The van der Waals surface area contributed by atoms with E-state index in [4.69, 9.17) is 5.73 Å². The van der Waals surface area contributed by atoms with Crippen molar-refractivity contribution in [3.05, 3.63) is 0 Å². The number of nitrogens with zero attached hydrogens (tertiary/aromatic N) is 1. The average Bonchev–Trinajstić information content (AvgIpc) is 2.26. The summed E-state index contributed by atoms with van der Waals surface area (Å²) in [5, 5.41) is 0. The third kappa shape index (κ3) is 6.56. The number of carbonyl (C=O) groups excluding carboxylic acids is 1. The second-order valence-corrected chi connectivity index (χ2v) is 6.79. The molecule has 0 fully saturated rings. The second-order valence-electron chi connectivity index (χ2n) is 4.39. The Hall–Kier alpha value is -0.330. The lowest BCUT2D eigenvalue weighted by atomic mass is 10.1. The highest BCUT2D eigenvalue weighted by Gasteiger charge is 2.24. The smallest absolute Gasteiger partial charge is 0.239 e. The molecule has 0 aliphatic carbocycles. The molecule has 0 rings (SSSR count). The lowest BCUT2D eigenvalue weighted by Crippen LogP contribution is -2.47. The summed E-state index contributed by atoms with van der Waals surface area (Å²) in [5.74, 6) is -0.101. The van der Waals surface area contributed by atoms with Crippen LogP contribution in [0.25, 0.3) is 0 Å². The van der Waals surface area contributed by atoms with Gasteiger partial charge in [-0.25, -0.2) is 8.42 Å². The van der Waals surface area contributed by atoms with Crippen LogP contribution in [0.1, 0.15) is 33.6 Å². The van der Waals surface area contributed by atoms with Gasteiger partial charge in [0.25, 0.3) is 0 Å². The second kappa shape index (κ2) is 8.72. The standard InChI is InChI=1S/C11H24N2O3S.ClH/c1-5-7-10(12)11(14)13(4)9(3)8-17(15,16)6-2;/h9-10H,5-8,12H2,1-4H3;1H. The number of hydrogen-bond acceptors (Lipinski definition) is 4. The van der Waals surface area contributed by atoms with Gasteiger partial charge in [0.2, 0.25) is 5.91 Å². The number of carbonyl (C=O) groups is 1. The van der Waals surface area contributed by atoms with E-state index in [1.807, 2.05) is 6.92 Å². The molecule has 0 saturated carbocycles. The van der Waals surface area contributed by atoms with Crippen LogP contribution in [0.15, 0.2) is 0 Å². The molecule has 0 radical (unpaired) electrons. The van der Waals surface area contributed by atoms with Crippen LogP contribution in [0.5, 0.6) is 0 Å². The van der Waals surface area contributed by atoms with Gasteiger partial charge in [-0.1, -0.05) is 20.3 Å². The zero-order chi connectivity index (χ0) is 13.6. The molecule has 0 bridgehead atoms. The van der Waals surface area contributed by atoms with E-state index in [0.29, 0.717) is 6.42 Å². The molecule has 0 aromatic carbocycles. The molecule has 0 aliphatic heterocycles. The van der Waals surface area contributed by atoms with E-state index in [0.717, 1.165) is 6.42 Å². The van der Waals surface area contributed by atoms with Gasteiger partial charge in [0.15, 0.2) is 9.84 Å². The van der Waals surface area contributed by atoms with Gasteiger partial charge in [-0.15, -0.1) is 12.4 Å². The third-order valence-corrected chi connectivity index (χ3v) is 4.73. The van der Waals surface area contributed by atoms with E-state index < -0.39 is 15.9 Å². The molecule has 0 aromatic rings. The largest absolute Gasteiger partial charge is 0.341 e. The first kappa shape index (κ1) is 20.0. The maximum atomic E-state index is 11.9. The molecule has 18 heavy (non-hydrogen) atoms. The van der Waals surface area contributed by atoms with Crippen molar-refractivity contribution >= 4 is 28.2 Å². The van der Waals surface area contributed by atoms with Crippen LogP contribution in [0.3, 0.4) is 0 Å². The van der Waals surface area contributed by atoms with E-state index in [1.165, 1.54) is 4.90 Å². The Bertz CT molecular complexity index is 346. The Morgan fingerprint density at radius 3 is 2.22 bits per heavy atom. The number of rotatable bonds is 7. The fourth-order valence-corrected chi connectivity index (χ4v) is 2.70. The summed E-state index contributed by atoms with van der Waals surface area (Å²) in [4.78, 5) is 13.3. The van der Waals surface area contributed by atoms with E-state index in [-0.39, 0.29) is 35.9 Å². The summed E-state index contributed by atoms with van der Waals surface area (Å²) in [6.45, 7) is 5.29. The topological polar surface area (TPSA) is 80.5 Å². The summed E-state index contributed by atoms with van der Waals surface area (Å²) in [6, 6.07) is -0.868. The molecule has 2 N–H and O–H groups in total. The molecule has 0 aromatic heterocycles. The number of amides is 1. The number of nitrogens with two attached hydrogens (primary N) is 1. The highest BCUT2D eigenvalue weighted by molar-refractivity contribution is 7.91. The quantitative estimate of drug-likeness (QED) is 0.755. The predicted octanol–water partition coefficient (Wildman–Crippen LogP) is 0.817. The number of likely N-dealkylation sites (N-methyl/N-ethyl adjacent to an activating group) is 1. The first-order chi connectivity index (χ1) is 7.75. The minimum atomic E-state index is -3.07. The molecule has 0 saturated heterocycles. The zero-order valence-electron chi connectivity index (χ0n) is 11.5. The minimum absolute atomic E-state index is 0. The van der Waals surface area contributed by atoms with Crippen LogP contribution in [0.2, 0.25) is 0 Å². The lowest BCUT2D eigenvalue weighted by molar-refractivity contribution is -0.132. The van der Waals surface area contributed by atoms with Gasteiger partial charge in [-0.3, -0.25) is 4.79 Å². The Kier molecular flexibility index (Phi) is 9.68. The minimum Gasteiger partial charge on any atom is -0.341 e. The van der Waals surface area contributed by atoms with Gasteiger partial charge in [-0.05, 0) is 13.3 Å². The van der Waals surface area contributed by atoms with Crippen LogP contribution in [0, 0.1) is 0 Å². The van der Waals surface area contributed by atoms with Crippen molar-refractivity contribution in [2.24, 2.45) is 5.73 Å². The molecule has 0 spiro atoms. The molecule has 1 amide bonds. The maximum absolute atomic E-state index is 11.9. The summed E-state index contributed by atoms with van der Waals surface area (Å²) in [7, 11) is -1.47. The average molecular weight is 301 g/mol. The van der Waals surface area contributed by atoms with E-state index in [1.54, 1.807) is 20.9 Å². The van der Waals surface area contributed by atoms with Gasteiger partial charge in [0.05, 0.1) is 11.8 Å². The molecule has 0 heterocycles. The van der Waals surface area contributed by atoms with Crippen molar-refractivity contribution < 1.29 is 13.2 Å². The molecule has 110 valence electrons. The van der Waals surface area contributed by atoms with Gasteiger partial charge in [0, 0.05) is 18.8 Å². The molecular formula is C11H25ClN2O3S. The van der Waals surface area contributed by atoms with Crippen molar-refractivity contribution in [2.45, 2.75) is 45.7 Å². The Labute approximate surface area is 116 Å². The van der Waals surface area contributed by atoms with Crippen LogP contribution in [-0.2, 0) is 14.6 Å². The van der Waals surface area contributed by atoms with Crippen LogP contribution in [-0.4, -0.2) is 49.9 Å². The predicted molar refractivity (Wildman–Crippen MR) is 76.7 cm³/mol. The molecule has 0 aliphatic rings. The zero-order valence-corrected chi connectivity index (χ0v) is 13.2. The summed E-state index contributed by atoms with van der Waals surface area (Å²) in [5.41, 5.74) is 5.72. The van der Waals surface area contributed by atoms with Crippen molar-refractivity contribution in [2.75, 3.05) is 18.6 Å². The van der Waals surface area contributed by atoms with Gasteiger partial charge < -0.3 is 10.6 Å². The fraction of sp³-hybridized carbons (Fsp3) is 0.909. The van der Waals surface area contributed by atoms with Crippen LogP contribution < -0.4 is 5.73 Å². The Balaban J connectivity index is 0. The number of halogens is 1. The molecular weight excluding hydrogens is 276 g/mol. The van der Waals surface area contributed by atoms with E-state index in [9.17, 15) is 13.2 Å². The summed E-state index contributed by atoms with van der Waals surface area (Å²) >= 11 is 0. The SMILES string of the molecule is CCCC(N)C(=O)N(C)C(C)CS(=O)(=O)CC.Cl. The Morgan fingerprint density at radius 2 is 1.83 bits per heavy atom. The first-order valence-electron chi connectivity index (χ1n) is 5.97. The molecule has 5 nitrogen and oxygen atoms in total. The maximum Gasteiger partial charge on any atom is 0.239 e. The molecule has 2 atom stereocenters. The summed E-state index contributed by atoms with van der Waals surface area (Å²) < 4.78 is 22.9. The van der Waals surface area contributed by atoms with Crippen molar-refractivity contribution in [3.8, 4) is 0 Å². The number of sulfone groups is 1. The first-order valence-corrected chi connectivity index (χ1v) is 7.80.